The molecule has 98 valence electrons. The third kappa shape index (κ3) is 2.38. The van der Waals surface area contributed by atoms with Crippen molar-refractivity contribution >= 4 is 11.0 Å². The van der Waals surface area contributed by atoms with Gasteiger partial charge in [-0.15, -0.1) is 0 Å². The second-order valence-electron chi connectivity index (χ2n) is 5.35. The first kappa shape index (κ1) is 13.0. The first-order valence-corrected chi connectivity index (χ1v) is 6.52. The van der Waals surface area contributed by atoms with Crippen LogP contribution in [0.1, 0.15) is 33.6 Å². The molecule has 0 saturated heterocycles. The zero-order valence-corrected chi connectivity index (χ0v) is 11.3. The summed E-state index contributed by atoms with van der Waals surface area (Å²) in [6.07, 6.45) is 1.97. The average Bonchev–Trinajstić information content (AvgIpc) is 2.82. The van der Waals surface area contributed by atoms with Gasteiger partial charge >= 0.3 is 0 Å². The molecule has 0 bridgehead atoms. The van der Waals surface area contributed by atoms with Gasteiger partial charge in [-0.25, -0.2) is 0 Å². The van der Waals surface area contributed by atoms with E-state index in [-0.39, 0.29) is 6.61 Å². The Labute approximate surface area is 108 Å². The number of hydrogen-bond acceptors (Lipinski definition) is 3. The van der Waals surface area contributed by atoms with Gasteiger partial charge in [-0.05, 0) is 31.4 Å². The molecule has 2 atom stereocenters. The molecule has 0 aliphatic heterocycles. The molecule has 0 fully saturated rings. The molecule has 1 N–H and O–H groups in total. The number of fused-ring (bicyclic) bond motifs is 1. The molecule has 2 unspecified atom stereocenters. The van der Waals surface area contributed by atoms with Crippen LogP contribution in [0.5, 0.6) is 0 Å². The highest BCUT2D eigenvalue weighted by Gasteiger charge is 2.30. The molecule has 4 nitrogen and oxygen atoms in total. The Bertz CT molecular complexity index is 489. The molecule has 0 amide bonds. The predicted octanol–water partition coefficient (Wildman–Crippen LogP) is 2.58. The summed E-state index contributed by atoms with van der Waals surface area (Å²) in [6, 6.07) is 7.79. The summed E-state index contributed by atoms with van der Waals surface area (Å²) in [5, 5.41) is 18.7. The fraction of sp³-hybridized carbons (Fsp3) is 0.571. The van der Waals surface area contributed by atoms with Crippen molar-refractivity contribution in [3.8, 4) is 0 Å². The molecule has 18 heavy (non-hydrogen) atoms. The minimum Gasteiger partial charge on any atom is -0.394 e. The standard InChI is InChI=1S/C14H21N3O/c1-4-11(2)9-14(3,10-18)17-15-12-7-5-6-8-13(12)16-17/h5-8,11,18H,4,9-10H2,1-3H3. The molecule has 0 aliphatic carbocycles. The Morgan fingerprint density at radius 3 is 2.28 bits per heavy atom. The Morgan fingerprint density at radius 1 is 1.28 bits per heavy atom. The second-order valence-corrected chi connectivity index (χ2v) is 5.35. The van der Waals surface area contributed by atoms with Crippen LogP contribution in [0.25, 0.3) is 11.0 Å². The van der Waals surface area contributed by atoms with Crippen LogP contribution in [-0.2, 0) is 5.54 Å². The van der Waals surface area contributed by atoms with Crippen LogP contribution in [0.3, 0.4) is 0 Å². The van der Waals surface area contributed by atoms with E-state index in [0.29, 0.717) is 5.92 Å². The zero-order chi connectivity index (χ0) is 13.2. The van der Waals surface area contributed by atoms with Gasteiger partial charge in [0.05, 0.1) is 6.61 Å². The van der Waals surface area contributed by atoms with Gasteiger partial charge in [0, 0.05) is 0 Å². The minimum atomic E-state index is -0.422. The van der Waals surface area contributed by atoms with Crippen LogP contribution in [-0.4, -0.2) is 26.7 Å². The van der Waals surface area contributed by atoms with E-state index in [4.69, 9.17) is 0 Å². The summed E-state index contributed by atoms with van der Waals surface area (Å²) < 4.78 is 0. The molecule has 1 aromatic heterocycles. The highest BCUT2D eigenvalue weighted by molar-refractivity contribution is 5.73. The van der Waals surface area contributed by atoms with Crippen molar-refractivity contribution in [1.82, 2.24) is 15.0 Å². The number of aliphatic hydroxyl groups excluding tert-OH is 1. The van der Waals surface area contributed by atoms with Gasteiger partial charge in [-0.1, -0.05) is 32.4 Å². The van der Waals surface area contributed by atoms with E-state index in [9.17, 15) is 5.11 Å². The molecule has 2 aromatic rings. The topological polar surface area (TPSA) is 50.9 Å². The number of benzene rings is 1. The second kappa shape index (κ2) is 5.06. The van der Waals surface area contributed by atoms with Crippen molar-refractivity contribution in [2.24, 2.45) is 5.92 Å². The van der Waals surface area contributed by atoms with E-state index in [0.717, 1.165) is 23.9 Å². The monoisotopic (exact) mass is 247 g/mol. The van der Waals surface area contributed by atoms with E-state index >= 15 is 0 Å². The molecular formula is C14H21N3O. The van der Waals surface area contributed by atoms with Crippen molar-refractivity contribution in [1.29, 1.82) is 0 Å². The van der Waals surface area contributed by atoms with Crippen molar-refractivity contribution in [2.45, 2.75) is 39.2 Å². The maximum absolute atomic E-state index is 9.71. The summed E-state index contributed by atoms with van der Waals surface area (Å²) in [5.74, 6) is 0.538. The fourth-order valence-electron chi connectivity index (χ4n) is 2.21. The van der Waals surface area contributed by atoms with Crippen LogP contribution in [0, 0.1) is 5.92 Å². The van der Waals surface area contributed by atoms with Crippen LogP contribution < -0.4 is 0 Å². The van der Waals surface area contributed by atoms with Gasteiger partial charge in [0.2, 0.25) is 0 Å². The Balaban J connectivity index is 2.36. The van der Waals surface area contributed by atoms with Crippen molar-refractivity contribution in [2.75, 3.05) is 6.61 Å². The lowest BCUT2D eigenvalue weighted by Gasteiger charge is -2.28. The Morgan fingerprint density at radius 2 is 1.83 bits per heavy atom. The fourth-order valence-corrected chi connectivity index (χ4v) is 2.21. The number of rotatable bonds is 5. The first-order chi connectivity index (χ1) is 8.59. The van der Waals surface area contributed by atoms with Crippen molar-refractivity contribution in [3.05, 3.63) is 24.3 Å². The predicted molar refractivity (Wildman–Crippen MR) is 72.3 cm³/mol. The summed E-state index contributed by atoms with van der Waals surface area (Å²) in [4.78, 5) is 1.68. The van der Waals surface area contributed by atoms with Crippen molar-refractivity contribution in [3.63, 3.8) is 0 Å². The molecule has 4 heteroatoms. The van der Waals surface area contributed by atoms with Gasteiger partial charge in [0.25, 0.3) is 0 Å². The summed E-state index contributed by atoms with van der Waals surface area (Å²) in [7, 11) is 0. The largest absolute Gasteiger partial charge is 0.394 e. The Kier molecular flexibility index (Phi) is 3.66. The number of aromatic nitrogens is 3. The Hall–Kier alpha value is -1.42. The average molecular weight is 247 g/mol. The highest BCUT2D eigenvalue weighted by Crippen LogP contribution is 2.26. The highest BCUT2D eigenvalue weighted by atomic mass is 16.3. The van der Waals surface area contributed by atoms with E-state index in [1.54, 1.807) is 4.80 Å². The van der Waals surface area contributed by atoms with Crippen LogP contribution in [0.2, 0.25) is 0 Å². The molecule has 1 heterocycles. The van der Waals surface area contributed by atoms with E-state index in [1.807, 2.05) is 31.2 Å². The molecular weight excluding hydrogens is 226 g/mol. The van der Waals surface area contributed by atoms with Gasteiger partial charge in [-0.2, -0.15) is 15.0 Å². The third-order valence-electron chi connectivity index (χ3n) is 3.60. The summed E-state index contributed by atoms with van der Waals surface area (Å²) in [5.41, 5.74) is 1.33. The van der Waals surface area contributed by atoms with Crippen LogP contribution in [0.15, 0.2) is 24.3 Å². The molecule has 2 rings (SSSR count). The minimum absolute atomic E-state index is 0.0539. The molecule has 0 spiro atoms. The normalized spacial score (nSPS) is 16.7. The van der Waals surface area contributed by atoms with Gasteiger partial charge in [-0.3, -0.25) is 0 Å². The number of nitrogens with zero attached hydrogens (tertiary/aromatic N) is 3. The maximum Gasteiger partial charge on any atom is 0.113 e. The van der Waals surface area contributed by atoms with Crippen LogP contribution in [0.4, 0.5) is 0 Å². The van der Waals surface area contributed by atoms with E-state index in [1.165, 1.54) is 0 Å². The smallest absolute Gasteiger partial charge is 0.113 e. The maximum atomic E-state index is 9.71. The molecule has 0 saturated carbocycles. The number of hydrogen-bond donors (Lipinski definition) is 1. The number of aliphatic hydroxyl groups is 1. The lowest BCUT2D eigenvalue weighted by atomic mass is 9.90. The van der Waals surface area contributed by atoms with Crippen molar-refractivity contribution < 1.29 is 5.11 Å². The van der Waals surface area contributed by atoms with Crippen LogP contribution >= 0.6 is 0 Å². The molecule has 1 aromatic carbocycles. The lowest BCUT2D eigenvalue weighted by Crippen LogP contribution is -2.37. The third-order valence-corrected chi connectivity index (χ3v) is 3.60. The first-order valence-electron chi connectivity index (χ1n) is 6.52. The quantitative estimate of drug-likeness (QED) is 0.883. The summed E-state index contributed by atoms with van der Waals surface area (Å²) in [6.45, 7) is 6.42. The SMILES string of the molecule is CCC(C)CC(C)(CO)n1nc2ccccc2n1. The van der Waals surface area contributed by atoms with E-state index in [2.05, 4.69) is 24.0 Å². The lowest BCUT2D eigenvalue weighted by molar-refractivity contribution is 0.0965. The van der Waals surface area contributed by atoms with Gasteiger partial charge < -0.3 is 5.11 Å². The van der Waals surface area contributed by atoms with Gasteiger partial charge in [0.15, 0.2) is 0 Å². The van der Waals surface area contributed by atoms with Gasteiger partial charge in [0.1, 0.15) is 16.6 Å². The zero-order valence-electron chi connectivity index (χ0n) is 11.3. The molecule has 0 aliphatic rings. The van der Waals surface area contributed by atoms with E-state index < -0.39 is 5.54 Å². The molecule has 0 radical (unpaired) electrons. The summed E-state index contributed by atoms with van der Waals surface area (Å²) >= 11 is 0.